The first-order valence-corrected chi connectivity index (χ1v) is 8.22. The second-order valence-electron chi connectivity index (χ2n) is 4.52. The molecule has 0 fully saturated rings. The van der Waals surface area contributed by atoms with Gasteiger partial charge in [-0.2, -0.15) is 0 Å². The van der Waals surface area contributed by atoms with Crippen molar-refractivity contribution in [3.8, 4) is 0 Å². The summed E-state index contributed by atoms with van der Waals surface area (Å²) < 4.78 is 31.6. The lowest BCUT2D eigenvalue weighted by molar-refractivity contribution is 0.0522. The summed E-state index contributed by atoms with van der Waals surface area (Å²) in [6.07, 6.45) is 0. The molecule has 0 aliphatic carbocycles. The molecule has 0 aliphatic heterocycles. The van der Waals surface area contributed by atoms with Crippen LogP contribution in [0.15, 0.2) is 59.5 Å². The van der Waals surface area contributed by atoms with E-state index in [-0.39, 0.29) is 17.1 Å². The van der Waals surface area contributed by atoms with Crippen LogP contribution in [0.4, 0.5) is 5.69 Å². The average Bonchev–Trinajstić information content (AvgIpc) is 2.55. The number of hydrogen-bond donors (Lipinski definition) is 0. The van der Waals surface area contributed by atoms with Crippen LogP contribution in [0.25, 0.3) is 0 Å². The molecule has 22 heavy (non-hydrogen) atoms. The topological polar surface area (TPSA) is 63.7 Å². The molecule has 5 nitrogen and oxygen atoms in total. The molecule has 2 aromatic rings. The Bertz CT molecular complexity index is 757. The highest BCUT2D eigenvalue weighted by Crippen LogP contribution is 2.24. The van der Waals surface area contributed by atoms with E-state index in [0.717, 1.165) is 4.31 Å². The van der Waals surface area contributed by atoms with E-state index in [1.54, 1.807) is 49.4 Å². The molecular weight excluding hydrogens is 302 g/mol. The molecule has 0 unspecified atom stereocenters. The van der Waals surface area contributed by atoms with Gasteiger partial charge in [0.25, 0.3) is 10.0 Å². The number of para-hydroxylation sites is 1. The summed E-state index contributed by atoms with van der Waals surface area (Å²) in [5.74, 6) is -0.650. The van der Waals surface area contributed by atoms with Gasteiger partial charge in [-0.3, -0.25) is 4.31 Å². The highest BCUT2D eigenvalue weighted by atomic mass is 32.2. The lowest BCUT2D eigenvalue weighted by atomic mass is 10.2. The van der Waals surface area contributed by atoms with E-state index in [1.165, 1.54) is 19.2 Å². The van der Waals surface area contributed by atoms with Crippen molar-refractivity contribution in [2.45, 2.75) is 11.8 Å². The van der Waals surface area contributed by atoms with Crippen LogP contribution in [0.2, 0.25) is 0 Å². The van der Waals surface area contributed by atoms with Gasteiger partial charge < -0.3 is 4.74 Å². The van der Waals surface area contributed by atoms with E-state index in [9.17, 15) is 13.2 Å². The summed E-state index contributed by atoms with van der Waals surface area (Å²) in [5, 5.41) is 0. The van der Waals surface area contributed by atoms with Crippen molar-refractivity contribution in [2.24, 2.45) is 0 Å². The fraction of sp³-hybridized carbons (Fsp3) is 0.188. The zero-order chi connectivity index (χ0) is 16.2. The van der Waals surface area contributed by atoms with Crippen molar-refractivity contribution in [3.63, 3.8) is 0 Å². The Morgan fingerprint density at radius 1 is 1.05 bits per heavy atom. The van der Waals surface area contributed by atoms with E-state index >= 15 is 0 Å². The third-order valence-corrected chi connectivity index (χ3v) is 4.98. The molecule has 0 spiro atoms. The molecule has 0 amide bonds. The zero-order valence-electron chi connectivity index (χ0n) is 12.4. The molecule has 116 valence electrons. The summed E-state index contributed by atoms with van der Waals surface area (Å²) >= 11 is 0. The van der Waals surface area contributed by atoms with Gasteiger partial charge in [-0.1, -0.05) is 30.3 Å². The third-order valence-electron chi connectivity index (χ3n) is 3.14. The summed E-state index contributed by atoms with van der Waals surface area (Å²) in [5.41, 5.74) is 0.549. The van der Waals surface area contributed by atoms with Crippen molar-refractivity contribution in [1.82, 2.24) is 0 Å². The minimum absolute atomic E-state index is 0.0344. The van der Waals surface area contributed by atoms with Gasteiger partial charge in [0.15, 0.2) is 0 Å². The van der Waals surface area contributed by atoms with E-state index in [0.29, 0.717) is 5.69 Å². The molecule has 0 N–H and O–H groups in total. The number of sulfonamides is 1. The van der Waals surface area contributed by atoms with Crippen molar-refractivity contribution >= 4 is 21.7 Å². The highest BCUT2D eigenvalue weighted by molar-refractivity contribution is 7.92. The fourth-order valence-electron chi connectivity index (χ4n) is 1.99. The van der Waals surface area contributed by atoms with Crippen LogP contribution in [0.1, 0.15) is 17.3 Å². The Hall–Kier alpha value is -2.34. The van der Waals surface area contributed by atoms with Crippen LogP contribution in [0.3, 0.4) is 0 Å². The molecule has 2 rings (SSSR count). The van der Waals surface area contributed by atoms with Gasteiger partial charge in [0.05, 0.1) is 17.9 Å². The second-order valence-corrected chi connectivity index (χ2v) is 6.46. The van der Waals surface area contributed by atoms with E-state index in [1.807, 2.05) is 0 Å². The predicted octanol–water partition coefficient (Wildman–Crippen LogP) is 2.69. The van der Waals surface area contributed by atoms with Crippen molar-refractivity contribution in [1.29, 1.82) is 0 Å². The van der Waals surface area contributed by atoms with Gasteiger partial charge in [0, 0.05) is 7.05 Å². The van der Waals surface area contributed by atoms with Crippen LogP contribution in [-0.2, 0) is 14.8 Å². The Labute approximate surface area is 130 Å². The Morgan fingerprint density at radius 3 is 2.27 bits per heavy atom. The fourth-order valence-corrected chi connectivity index (χ4v) is 3.37. The summed E-state index contributed by atoms with van der Waals surface area (Å²) in [6, 6.07) is 14.7. The number of nitrogens with zero attached hydrogens (tertiary/aromatic N) is 1. The van der Waals surface area contributed by atoms with Gasteiger partial charge in [0.2, 0.25) is 0 Å². The lowest BCUT2D eigenvalue weighted by Crippen LogP contribution is -2.28. The van der Waals surface area contributed by atoms with Crippen LogP contribution < -0.4 is 4.31 Å². The van der Waals surface area contributed by atoms with Crippen molar-refractivity contribution in [2.75, 3.05) is 18.0 Å². The average molecular weight is 319 g/mol. The summed E-state index contributed by atoms with van der Waals surface area (Å²) in [6.45, 7) is 1.85. The maximum absolute atomic E-state index is 12.8. The molecule has 0 aromatic heterocycles. The molecule has 0 radical (unpaired) electrons. The van der Waals surface area contributed by atoms with Crippen LogP contribution in [0, 0.1) is 0 Å². The first kappa shape index (κ1) is 16.0. The number of hydrogen-bond acceptors (Lipinski definition) is 4. The van der Waals surface area contributed by atoms with Crippen LogP contribution >= 0.6 is 0 Å². The SMILES string of the molecule is CCOC(=O)c1ccccc1S(=O)(=O)N(C)c1ccccc1. The quantitative estimate of drug-likeness (QED) is 0.795. The maximum atomic E-state index is 12.8. The normalized spacial score (nSPS) is 11.0. The molecule has 2 aromatic carbocycles. The number of ether oxygens (including phenoxy) is 1. The van der Waals surface area contributed by atoms with Crippen molar-refractivity contribution < 1.29 is 17.9 Å². The Balaban J connectivity index is 2.49. The number of carbonyl (C=O) groups excluding carboxylic acids is 1. The first-order valence-electron chi connectivity index (χ1n) is 6.78. The van der Waals surface area contributed by atoms with Gasteiger partial charge in [-0.15, -0.1) is 0 Å². The summed E-state index contributed by atoms with van der Waals surface area (Å²) in [4.78, 5) is 11.9. The van der Waals surface area contributed by atoms with Gasteiger partial charge in [-0.25, -0.2) is 13.2 Å². The number of rotatable bonds is 5. The zero-order valence-corrected chi connectivity index (χ0v) is 13.2. The van der Waals surface area contributed by atoms with Gasteiger partial charge in [-0.05, 0) is 31.2 Å². The molecular formula is C16H17NO4S. The Kier molecular flexibility index (Phi) is 4.82. The molecule has 0 saturated carbocycles. The number of anilines is 1. The number of benzene rings is 2. The standard InChI is InChI=1S/C16H17NO4S/c1-3-21-16(18)14-11-7-8-12-15(14)22(19,20)17(2)13-9-5-4-6-10-13/h4-12H,3H2,1-2H3. The number of carbonyl (C=O) groups is 1. The maximum Gasteiger partial charge on any atom is 0.339 e. The van der Waals surface area contributed by atoms with E-state index in [4.69, 9.17) is 4.74 Å². The van der Waals surface area contributed by atoms with E-state index in [2.05, 4.69) is 0 Å². The lowest BCUT2D eigenvalue weighted by Gasteiger charge is -2.20. The molecule has 0 atom stereocenters. The van der Waals surface area contributed by atoms with E-state index < -0.39 is 16.0 Å². The van der Waals surface area contributed by atoms with Crippen LogP contribution in [0.5, 0.6) is 0 Å². The minimum Gasteiger partial charge on any atom is -0.462 e. The molecule has 0 saturated heterocycles. The van der Waals surface area contributed by atoms with Crippen LogP contribution in [-0.4, -0.2) is 28.0 Å². The molecule has 0 heterocycles. The molecule has 0 bridgehead atoms. The smallest absolute Gasteiger partial charge is 0.339 e. The van der Waals surface area contributed by atoms with Gasteiger partial charge in [0.1, 0.15) is 4.90 Å². The molecule has 0 aliphatic rings. The summed E-state index contributed by atoms with van der Waals surface area (Å²) in [7, 11) is -2.40. The predicted molar refractivity (Wildman–Crippen MR) is 84.4 cm³/mol. The third kappa shape index (κ3) is 3.12. The number of esters is 1. The minimum atomic E-state index is -3.85. The molecule has 6 heteroatoms. The Morgan fingerprint density at radius 2 is 1.64 bits per heavy atom. The monoisotopic (exact) mass is 319 g/mol. The first-order chi connectivity index (χ1) is 10.5. The second kappa shape index (κ2) is 6.62. The van der Waals surface area contributed by atoms with Crippen molar-refractivity contribution in [3.05, 3.63) is 60.2 Å². The highest BCUT2D eigenvalue weighted by Gasteiger charge is 2.27. The van der Waals surface area contributed by atoms with Gasteiger partial charge >= 0.3 is 5.97 Å². The largest absolute Gasteiger partial charge is 0.462 e.